The fraction of sp³-hybridized carbons (Fsp3) is 0.588. The fourth-order valence-electron chi connectivity index (χ4n) is 2.72. The summed E-state index contributed by atoms with van der Waals surface area (Å²) in [7, 11) is 0. The molecule has 0 spiro atoms. The Balaban J connectivity index is 1.72. The third-order valence-electron chi connectivity index (χ3n) is 3.84. The highest BCUT2D eigenvalue weighted by molar-refractivity contribution is 5.81. The molecule has 1 fully saturated rings. The van der Waals surface area contributed by atoms with Crippen LogP contribution in [0.5, 0.6) is 5.75 Å². The predicted octanol–water partition coefficient (Wildman–Crippen LogP) is 3.34. The molecule has 0 aliphatic heterocycles. The molecule has 2 rings (SSSR count). The Morgan fingerprint density at radius 1 is 1.14 bits per heavy atom. The number of benzene rings is 1. The summed E-state index contributed by atoms with van der Waals surface area (Å²) in [6.45, 7) is 2.95. The number of carbonyl (C=O) groups is 1. The highest BCUT2D eigenvalue weighted by Crippen LogP contribution is 2.17. The van der Waals surface area contributed by atoms with Gasteiger partial charge in [0.05, 0.1) is 13.2 Å². The minimum absolute atomic E-state index is 0.0794. The second-order valence-corrected chi connectivity index (χ2v) is 5.57. The van der Waals surface area contributed by atoms with Crippen molar-refractivity contribution in [3.63, 3.8) is 0 Å². The Morgan fingerprint density at radius 3 is 2.43 bits per heavy atom. The normalized spacial score (nSPS) is 16.0. The molecule has 1 aromatic carbocycles. The highest BCUT2D eigenvalue weighted by atomic mass is 16.5. The minimum Gasteiger partial charge on any atom is -0.494 e. The minimum atomic E-state index is 0.0794. The zero-order valence-corrected chi connectivity index (χ0v) is 12.9. The van der Waals surface area contributed by atoms with Crippen molar-refractivity contribution in [2.75, 3.05) is 18.5 Å². The molecule has 4 heteroatoms. The standard InChI is InChI=1S/C17H26N2O2/c1-2-21-16-11-9-14(10-12-16)18-13-17(20)19-15-7-5-3-4-6-8-15/h9-12,15,18H,2-8,13H2,1H3,(H,19,20). The van der Waals surface area contributed by atoms with E-state index < -0.39 is 0 Å². The van der Waals surface area contributed by atoms with Crippen molar-refractivity contribution in [3.8, 4) is 5.75 Å². The Bertz CT molecular complexity index is 423. The number of hydrogen-bond acceptors (Lipinski definition) is 3. The SMILES string of the molecule is CCOc1ccc(NCC(=O)NC2CCCCCC2)cc1. The average Bonchev–Trinajstić information content (AvgIpc) is 2.75. The summed E-state index contributed by atoms with van der Waals surface area (Å²) < 4.78 is 5.39. The monoisotopic (exact) mass is 290 g/mol. The number of anilines is 1. The van der Waals surface area contributed by atoms with Gasteiger partial charge in [-0.15, -0.1) is 0 Å². The number of rotatable bonds is 6. The molecule has 1 aromatic rings. The van der Waals surface area contributed by atoms with E-state index >= 15 is 0 Å². The summed E-state index contributed by atoms with van der Waals surface area (Å²) >= 11 is 0. The number of amides is 1. The number of hydrogen-bond donors (Lipinski definition) is 2. The summed E-state index contributed by atoms with van der Waals surface area (Å²) in [4.78, 5) is 12.0. The van der Waals surface area contributed by atoms with Crippen molar-refractivity contribution in [2.24, 2.45) is 0 Å². The Labute approximate surface area is 127 Å². The summed E-state index contributed by atoms with van der Waals surface area (Å²) in [6.07, 6.45) is 7.31. The molecule has 1 amide bonds. The van der Waals surface area contributed by atoms with Crippen LogP contribution in [0.4, 0.5) is 5.69 Å². The lowest BCUT2D eigenvalue weighted by molar-refractivity contribution is -0.120. The first-order valence-electron chi connectivity index (χ1n) is 8.04. The zero-order chi connectivity index (χ0) is 14.9. The molecule has 0 bridgehead atoms. The lowest BCUT2D eigenvalue weighted by Gasteiger charge is -2.16. The highest BCUT2D eigenvalue weighted by Gasteiger charge is 2.14. The third-order valence-corrected chi connectivity index (χ3v) is 3.84. The van der Waals surface area contributed by atoms with Gasteiger partial charge in [0.15, 0.2) is 0 Å². The van der Waals surface area contributed by atoms with Gasteiger partial charge in [-0.1, -0.05) is 25.7 Å². The van der Waals surface area contributed by atoms with Gasteiger partial charge in [0.1, 0.15) is 5.75 Å². The van der Waals surface area contributed by atoms with Gasteiger partial charge in [-0.3, -0.25) is 4.79 Å². The van der Waals surface area contributed by atoms with Gasteiger partial charge >= 0.3 is 0 Å². The van der Waals surface area contributed by atoms with E-state index in [1.807, 2.05) is 31.2 Å². The van der Waals surface area contributed by atoms with Crippen LogP contribution in [0.3, 0.4) is 0 Å². The van der Waals surface area contributed by atoms with Crippen LogP contribution < -0.4 is 15.4 Å². The third kappa shape index (κ3) is 5.66. The Kier molecular flexibility index (Phi) is 6.38. The van der Waals surface area contributed by atoms with Crippen LogP contribution >= 0.6 is 0 Å². The van der Waals surface area contributed by atoms with Gasteiger partial charge in [0.2, 0.25) is 5.91 Å². The van der Waals surface area contributed by atoms with Crippen molar-refractivity contribution in [2.45, 2.75) is 51.5 Å². The van der Waals surface area contributed by atoms with Crippen LogP contribution in [-0.2, 0) is 4.79 Å². The van der Waals surface area contributed by atoms with Crippen molar-refractivity contribution < 1.29 is 9.53 Å². The average molecular weight is 290 g/mol. The maximum Gasteiger partial charge on any atom is 0.239 e. The van der Waals surface area contributed by atoms with Gasteiger partial charge in [0, 0.05) is 11.7 Å². The largest absolute Gasteiger partial charge is 0.494 e. The van der Waals surface area contributed by atoms with Crippen LogP contribution in [0.2, 0.25) is 0 Å². The molecule has 1 saturated carbocycles. The first kappa shape index (κ1) is 15.7. The van der Waals surface area contributed by atoms with E-state index in [1.165, 1.54) is 25.7 Å². The van der Waals surface area contributed by atoms with Crippen molar-refractivity contribution in [3.05, 3.63) is 24.3 Å². The molecule has 0 radical (unpaired) electrons. The van der Waals surface area contributed by atoms with Crippen LogP contribution in [0, 0.1) is 0 Å². The molecule has 1 aliphatic rings. The quantitative estimate of drug-likeness (QED) is 0.790. The van der Waals surface area contributed by atoms with Gasteiger partial charge in [-0.2, -0.15) is 0 Å². The van der Waals surface area contributed by atoms with Crippen molar-refractivity contribution in [1.82, 2.24) is 5.32 Å². The van der Waals surface area contributed by atoms with Crippen LogP contribution in [0.25, 0.3) is 0 Å². The molecule has 4 nitrogen and oxygen atoms in total. The van der Waals surface area contributed by atoms with E-state index in [4.69, 9.17) is 4.74 Å². The second kappa shape index (κ2) is 8.55. The lowest BCUT2D eigenvalue weighted by atomic mass is 10.1. The maximum absolute atomic E-state index is 12.0. The van der Waals surface area contributed by atoms with E-state index in [1.54, 1.807) is 0 Å². The maximum atomic E-state index is 12.0. The van der Waals surface area contributed by atoms with Gasteiger partial charge in [0.25, 0.3) is 0 Å². The molecular formula is C17H26N2O2. The van der Waals surface area contributed by atoms with E-state index in [2.05, 4.69) is 10.6 Å². The molecule has 0 heterocycles. The van der Waals surface area contributed by atoms with Crippen LogP contribution in [0.15, 0.2) is 24.3 Å². The number of carbonyl (C=O) groups excluding carboxylic acids is 1. The first-order chi connectivity index (χ1) is 10.3. The van der Waals surface area contributed by atoms with Gasteiger partial charge < -0.3 is 15.4 Å². The molecule has 0 atom stereocenters. The zero-order valence-electron chi connectivity index (χ0n) is 12.9. The van der Waals surface area contributed by atoms with Gasteiger partial charge in [-0.25, -0.2) is 0 Å². The van der Waals surface area contributed by atoms with Crippen molar-refractivity contribution >= 4 is 11.6 Å². The smallest absolute Gasteiger partial charge is 0.239 e. The Hall–Kier alpha value is -1.71. The summed E-state index contributed by atoms with van der Waals surface area (Å²) in [5, 5.41) is 6.29. The molecule has 0 saturated heterocycles. The molecule has 2 N–H and O–H groups in total. The topological polar surface area (TPSA) is 50.4 Å². The van der Waals surface area contributed by atoms with E-state index in [0.29, 0.717) is 19.2 Å². The lowest BCUT2D eigenvalue weighted by Crippen LogP contribution is -2.38. The fourth-order valence-corrected chi connectivity index (χ4v) is 2.72. The summed E-state index contributed by atoms with van der Waals surface area (Å²) in [5.41, 5.74) is 0.939. The molecule has 0 unspecified atom stereocenters. The summed E-state index contributed by atoms with van der Waals surface area (Å²) in [6, 6.07) is 8.06. The number of ether oxygens (including phenoxy) is 1. The summed E-state index contributed by atoms with van der Waals surface area (Å²) in [5.74, 6) is 0.932. The van der Waals surface area contributed by atoms with E-state index in [0.717, 1.165) is 24.3 Å². The molecule has 0 aromatic heterocycles. The predicted molar refractivity (Wildman–Crippen MR) is 85.7 cm³/mol. The molecule has 1 aliphatic carbocycles. The molecule has 21 heavy (non-hydrogen) atoms. The Morgan fingerprint density at radius 2 is 1.81 bits per heavy atom. The van der Waals surface area contributed by atoms with Crippen LogP contribution in [-0.4, -0.2) is 25.1 Å². The second-order valence-electron chi connectivity index (χ2n) is 5.57. The molecule has 116 valence electrons. The van der Waals surface area contributed by atoms with Crippen molar-refractivity contribution in [1.29, 1.82) is 0 Å². The van der Waals surface area contributed by atoms with Crippen LogP contribution in [0.1, 0.15) is 45.4 Å². The van der Waals surface area contributed by atoms with Gasteiger partial charge in [-0.05, 0) is 44.0 Å². The van der Waals surface area contributed by atoms with E-state index in [-0.39, 0.29) is 5.91 Å². The molecular weight excluding hydrogens is 264 g/mol. The first-order valence-corrected chi connectivity index (χ1v) is 8.04. The number of nitrogens with one attached hydrogen (secondary N) is 2. The van der Waals surface area contributed by atoms with E-state index in [9.17, 15) is 4.79 Å².